The van der Waals surface area contributed by atoms with Crippen LogP contribution < -0.4 is 10.2 Å². The fourth-order valence-corrected chi connectivity index (χ4v) is 3.78. The molecule has 1 aromatic rings. The van der Waals surface area contributed by atoms with E-state index in [0.29, 0.717) is 11.7 Å². The van der Waals surface area contributed by atoms with Crippen LogP contribution in [0.1, 0.15) is 93.7 Å². The highest BCUT2D eigenvalue weighted by Gasteiger charge is 2.21. The minimum Gasteiger partial charge on any atom is -0.348 e. The Balaban J connectivity index is 1.80. The summed E-state index contributed by atoms with van der Waals surface area (Å²) >= 11 is 0. The van der Waals surface area contributed by atoms with Crippen LogP contribution in [-0.2, 0) is 0 Å². The number of aromatic nitrogens is 2. The molecule has 1 saturated carbocycles. The number of hydrogen-bond acceptors (Lipinski definition) is 4. The van der Waals surface area contributed by atoms with Gasteiger partial charge in [-0.05, 0) is 37.7 Å². The minimum atomic E-state index is -0.0349. The van der Waals surface area contributed by atoms with Gasteiger partial charge in [-0.15, -0.1) is 0 Å². The van der Waals surface area contributed by atoms with Crippen molar-refractivity contribution in [2.24, 2.45) is 0 Å². The fourth-order valence-electron chi connectivity index (χ4n) is 3.78. The second-order valence-corrected chi connectivity index (χ2v) is 7.84. The van der Waals surface area contributed by atoms with E-state index in [9.17, 15) is 4.79 Å². The second kappa shape index (κ2) is 8.63. The quantitative estimate of drug-likeness (QED) is 0.895. The normalized spacial score (nSPS) is 19.7. The lowest BCUT2D eigenvalue weighted by atomic mass is 9.95. The number of nitrogens with zero attached hydrogens (tertiary/aromatic N) is 3. The van der Waals surface area contributed by atoms with Gasteiger partial charge in [0.1, 0.15) is 5.69 Å². The van der Waals surface area contributed by atoms with Crippen molar-refractivity contribution in [3.8, 4) is 0 Å². The van der Waals surface area contributed by atoms with Gasteiger partial charge in [-0.25, -0.2) is 9.97 Å². The predicted octanol–water partition coefficient (Wildman–Crippen LogP) is 4.04. The van der Waals surface area contributed by atoms with E-state index < -0.39 is 0 Å². The molecule has 2 heterocycles. The summed E-state index contributed by atoms with van der Waals surface area (Å²) in [5.74, 6) is 0.990. The first-order chi connectivity index (χ1) is 12.1. The summed E-state index contributed by atoms with van der Waals surface area (Å²) in [5, 5.41) is 3.20. The number of anilines is 1. The molecule has 0 atom stereocenters. The summed E-state index contributed by atoms with van der Waals surface area (Å²) in [6.45, 7) is 6.23. The molecule has 5 heteroatoms. The maximum Gasteiger partial charge on any atom is 0.270 e. The summed E-state index contributed by atoms with van der Waals surface area (Å²) in [6.07, 6.45) is 10.8. The van der Waals surface area contributed by atoms with Gasteiger partial charge in [0.05, 0.1) is 0 Å². The van der Waals surface area contributed by atoms with Crippen LogP contribution in [0, 0.1) is 0 Å². The first-order valence-electron chi connectivity index (χ1n) is 10.1. The molecular weight excluding hydrogens is 312 g/mol. The number of amides is 1. The second-order valence-electron chi connectivity index (χ2n) is 7.84. The summed E-state index contributed by atoms with van der Waals surface area (Å²) < 4.78 is 0. The highest BCUT2D eigenvalue weighted by molar-refractivity contribution is 5.92. The molecule has 0 unspecified atom stereocenters. The Morgan fingerprint density at radius 3 is 2.32 bits per heavy atom. The number of carbonyl (C=O) groups excluding carboxylic acids is 1. The van der Waals surface area contributed by atoms with Gasteiger partial charge in [-0.3, -0.25) is 4.79 Å². The molecule has 1 aromatic heterocycles. The van der Waals surface area contributed by atoms with Crippen LogP contribution in [0.3, 0.4) is 0 Å². The van der Waals surface area contributed by atoms with Crippen LogP contribution >= 0.6 is 0 Å². The van der Waals surface area contributed by atoms with E-state index >= 15 is 0 Å². The van der Waals surface area contributed by atoms with Crippen LogP contribution in [0.2, 0.25) is 0 Å². The van der Waals surface area contributed by atoms with E-state index in [4.69, 9.17) is 4.98 Å². The van der Waals surface area contributed by atoms with Crippen molar-refractivity contribution >= 4 is 11.9 Å². The third-order valence-electron chi connectivity index (χ3n) is 5.39. The molecule has 25 heavy (non-hydrogen) atoms. The zero-order chi connectivity index (χ0) is 17.6. The Hall–Kier alpha value is -1.65. The van der Waals surface area contributed by atoms with Crippen LogP contribution in [0.25, 0.3) is 0 Å². The zero-order valence-corrected chi connectivity index (χ0v) is 15.8. The van der Waals surface area contributed by atoms with Crippen LogP contribution in [-0.4, -0.2) is 35.0 Å². The minimum absolute atomic E-state index is 0.0349. The molecule has 3 rings (SSSR count). The Labute approximate surface area is 151 Å². The molecule has 1 saturated heterocycles. The molecular formula is C20H32N4O. The fraction of sp³-hybridized carbons (Fsp3) is 0.750. The smallest absolute Gasteiger partial charge is 0.270 e. The average molecular weight is 345 g/mol. The first kappa shape index (κ1) is 18.2. The van der Waals surface area contributed by atoms with E-state index in [2.05, 4.69) is 29.0 Å². The van der Waals surface area contributed by atoms with Gasteiger partial charge in [0, 0.05) is 24.8 Å². The lowest BCUT2D eigenvalue weighted by Crippen LogP contribution is -2.37. The molecule has 1 aliphatic carbocycles. The van der Waals surface area contributed by atoms with E-state index in [1.54, 1.807) is 0 Å². The largest absolute Gasteiger partial charge is 0.348 e. The van der Waals surface area contributed by atoms with Crippen molar-refractivity contribution in [1.82, 2.24) is 15.3 Å². The standard InChI is InChI=1S/C20H32N4O/c1-15(2)17-14-18(19(25)21-16-10-6-5-7-11-16)23-20(22-17)24-12-8-3-4-9-13-24/h14-16H,3-13H2,1-2H3,(H,21,25). The number of carbonyl (C=O) groups is 1. The van der Waals surface area contributed by atoms with Gasteiger partial charge in [0.25, 0.3) is 5.91 Å². The zero-order valence-electron chi connectivity index (χ0n) is 15.8. The van der Waals surface area contributed by atoms with E-state index in [1.807, 2.05) is 6.07 Å². The van der Waals surface area contributed by atoms with Crippen LogP contribution in [0.4, 0.5) is 5.95 Å². The molecule has 1 N–H and O–H groups in total. The third kappa shape index (κ3) is 4.93. The van der Waals surface area contributed by atoms with Crippen molar-refractivity contribution in [1.29, 1.82) is 0 Å². The molecule has 138 valence electrons. The van der Waals surface area contributed by atoms with E-state index in [1.165, 1.54) is 44.9 Å². The average Bonchev–Trinajstić information content (AvgIpc) is 2.91. The molecule has 0 radical (unpaired) electrons. The van der Waals surface area contributed by atoms with Crippen molar-refractivity contribution in [3.63, 3.8) is 0 Å². The molecule has 1 aliphatic heterocycles. The Morgan fingerprint density at radius 2 is 1.68 bits per heavy atom. The van der Waals surface area contributed by atoms with Crippen molar-refractivity contribution < 1.29 is 4.79 Å². The van der Waals surface area contributed by atoms with Crippen molar-refractivity contribution in [3.05, 3.63) is 17.5 Å². The van der Waals surface area contributed by atoms with Gasteiger partial charge < -0.3 is 10.2 Å². The number of hydrogen-bond donors (Lipinski definition) is 1. The van der Waals surface area contributed by atoms with Crippen LogP contribution in [0.5, 0.6) is 0 Å². The molecule has 2 aliphatic rings. The highest BCUT2D eigenvalue weighted by Crippen LogP contribution is 2.21. The number of rotatable bonds is 4. The van der Waals surface area contributed by atoms with Gasteiger partial charge >= 0.3 is 0 Å². The molecule has 0 aromatic carbocycles. The monoisotopic (exact) mass is 344 g/mol. The molecule has 0 bridgehead atoms. The lowest BCUT2D eigenvalue weighted by Gasteiger charge is -2.24. The van der Waals surface area contributed by atoms with Gasteiger partial charge in [0.15, 0.2) is 0 Å². The van der Waals surface area contributed by atoms with Gasteiger partial charge in [-0.2, -0.15) is 0 Å². The SMILES string of the molecule is CC(C)c1cc(C(=O)NC2CCCCC2)nc(N2CCCCCC2)n1. The summed E-state index contributed by atoms with van der Waals surface area (Å²) in [4.78, 5) is 24.4. The highest BCUT2D eigenvalue weighted by atomic mass is 16.1. The topological polar surface area (TPSA) is 58.1 Å². The maximum absolute atomic E-state index is 12.8. The van der Waals surface area contributed by atoms with E-state index in [0.717, 1.165) is 37.6 Å². The van der Waals surface area contributed by atoms with E-state index in [-0.39, 0.29) is 11.8 Å². The molecule has 5 nitrogen and oxygen atoms in total. The summed E-state index contributed by atoms with van der Waals surface area (Å²) in [6, 6.07) is 2.18. The molecule has 2 fully saturated rings. The van der Waals surface area contributed by atoms with Crippen LogP contribution in [0.15, 0.2) is 6.07 Å². The third-order valence-corrected chi connectivity index (χ3v) is 5.39. The lowest BCUT2D eigenvalue weighted by molar-refractivity contribution is 0.0922. The van der Waals surface area contributed by atoms with Gasteiger partial charge in [0.2, 0.25) is 5.95 Å². The maximum atomic E-state index is 12.8. The Morgan fingerprint density at radius 1 is 1.04 bits per heavy atom. The predicted molar refractivity (Wildman–Crippen MR) is 101 cm³/mol. The summed E-state index contributed by atoms with van der Waals surface area (Å²) in [7, 11) is 0. The van der Waals surface area contributed by atoms with Crippen molar-refractivity contribution in [2.45, 2.75) is 83.6 Å². The Bertz CT molecular complexity index is 573. The first-order valence-corrected chi connectivity index (χ1v) is 10.1. The molecule has 1 amide bonds. The Kier molecular flexibility index (Phi) is 6.27. The van der Waals surface area contributed by atoms with Gasteiger partial charge in [-0.1, -0.05) is 46.0 Å². The van der Waals surface area contributed by atoms with Crippen molar-refractivity contribution in [2.75, 3.05) is 18.0 Å². The summed E-state index contributed by atoms with van der Waals surface area (Å²) in [5.41, 5.74) is 1.49. The number of nitrogens with one attached hydrogen (secondary N) is 1. The molecule has 0 spiro atoms.